The highest BCUT2D eigenvalue weighted by Gasteiger charge is 2.47. The van der Waals surface area contributed by atoms with Crippen molar-refractivity contribution in [3.8, 4) is 0 Å². The number of carbonyl (C=O) groups is 2. The summed E-state index contributed by atoms with van der Waals surface area (Å²) in [5, 5.41) is 2.77. The van der Waals surface area contributed by atoms with Gasteiger partial charge in [-0.15, -0.1) is 0 Å². The SMILES string of the molecule is CCC1(CC)C(=O)N=C(C(C)(C)C)NC1=O. The molecular weight excluding hydrogens is 204 g/mol. The molecule has 0 atom stereocenters. The van der Waals surface area contributed by atoms with Gasteiger partial charge >= 0.3 is 0 Å². The van der Waals surface area contributed by atoms with Crippen LogP contribution in [0.3, 0.4) is 0 Å². The lowest BCUT2D eigenvalue weighted by molar-refractivity contribution is -0.142. The number of amidine groups is 1. The first-order chi connectivity index (χ1) is 7.28. The average Bonchev–Trinajstić information content (AvgIpc) is 2.17. The Hall–Kier alpha value is -1.19. The van der Waals surface area contributed by atoms with Gasteiger partial charge in [-0.05, 0) is 12.8 Å². The van der Waals surface area contributed by atoms with Gasteiger partial charge < -0.3 is 5.32 Å². The Kier molecular flexibility index (Phi) is 3.22. The van der Waals surface area contributed by atoms with E-state index in [1.54, 1.807) is 0 Å². The van der Waals surface area contributed by atoms with Crippen LogP contribution in [0.2, 0.25) is 0 Å². The molecule has 0 aromatic heterocycles. The predicted molar refractivity (Wildman–Crippen MR) is 63.1 cm³/mol. The number of rotatable bonds is 2. The third-order valence-corrected chi connectivity index (χ3v) is 3.21. The summed E-state index contributed by atoms with van der Waals surface area (Å²) in [4.78, 5) is 28.1. The van der Waals surface area contributed by atoms with Gasteiger partial charge in [-0.25, -0.2) is 0 Å². The van der Waals surface area contributed by atoms with Crippen molar-refractivity contribution in [2.75, 3.05) is 0 Å². The Morgan fingerprint density at radius 2 is 1.69 bits per heavy atom. The second-order valence-electron chi connectivity index (χ2n) is 5.26. The molecule has 0 saturated heterocycles. The summed E-state index contributed by atoms with van der Waals surface area (Å²) in [6, 6.07) is 0. The molecule has 4 nitrogen and oxygen atoms in total. The minimum atomic E-state index is -0.950. The summed E-state index contributed by atoms with van der Waals surface area (Å²) >= 11 is 0. The van der Waals surface area contributed by atoms with Crippen molar-refractivity contribution >= 4 is 17.6 Å². The van der Waals surface area contributed by atoms with Crippen molar-refractivity contribution in [2.24, 2.45) is 15.8 Å². The molecule has 0 aromatic rings. The van der Waals surface area contributed by atoms with Gasteiger partial charge in [-0.2, -0.15) is 4.99 Å². The molecule has 16 heavy (non-hydrogen) atoms. The van der Waals surface area contributed by atoms with E-state index in [-0.39, 0.29) is 17.2 Å². The fraction of sp³-hybridized carbons (Fsp3) is 0.750. The first kappa shape index (κ1) is 12.9. The third kappa shape index (κ3) is 1.88. The average molecular weight is 224 g/mol. The Balaban J connectivity index is 3.16. The van der Waals surface area contributed by atoms with Crippen LogP contribution in [0, 0.1) is 10.8 Å². The maximum atomic E-state index is 12.0. The molecule has 0 aliphatic carbocycles. The lowest BCUT2D eigenvalue weighted by Gasteiger charge is -2.34. The largest absolute Gasteiger partial charge is 0.313 e. The van der Waals surface area contributed by atoms with E-state index in [1.807, 2.05) is 34.6 Å². The highest BCUT2D eigenvalue weighted by atomic mass is 16.2. The summed E-state index contributed by atoms with van der Waals surface area (Å²) in [7, 11) is 0. The molecule has 0 unspecified atom stereocenters. The van der Waals surface area contributed by atoms with E-state index in [1.165, 1.54) is 0 Å². The second kappa shape index (κ2) is 4.00. The van der Waals surface area contributed by atoms with Crippen LogP contribution in [-0.4, -0.2) is 17.6 Å². The second-order valence-corrected chi connectivity index (χ2v) is 5.26. The normalized spacial score (nSPS) is 20.4. The first-order valence-corrected chi connectivity index (χ1v) is 5.73. The van der Waals surface area contributed by atoms with Crippen LogP contribution < -0.4 is 5.32 Å². The molecule has 4 heteroatoms. The molecule has 0 saturated carbocycles. The van der Waals surface area contributed by atoms with E-state index in [0.29, 0.717) is 18.7 Å². The molecule has 0 radical (unpaired) electrons. The molecule has 2 amide bonds. The first-order valence-electron chi connectivity index (χ1n) is 5.73. The Labute approximate surface area is 96.5 Å². The maximum absolute atomic E-state index is 12.0. The number of hydrogen-bond donors (Lipinski definition) is 1. The maximum Gasteiger partial charge on any atom is 0.263 e. The number of amides is 2. The van der Waals surface area contributed by atoms with E-state index in [0.717, 1.165) is 0 Å². The van der Waals surface area contributed by atoms with Gasteiger partial charge in [0.25, 0.3) is 5.91 Å². The van der Waals surface area contributed by atoms with Gasteiger partial charge in [0, 0.05) is 5.41 Å². The van der Waals surface area contributed by atoms with Crippen molar-refractivity contribution < 1.29 is 9.59 Å². The standard InChI is InChI=1S/C12H20N2O2/c1-6-12(7-2)9(15)13-8(11(3,4)5)14-10(12)16/h6-7H2,1-5H3,(H,13,14,15,16). The molecule has 0 fully saturated rings. The molecule has 1 N–H and O–H groups in total. The number of hydrogen-bond acceptors (Lipinski definition) is 2. The summed E-state index contributed by atoms with van der Waals surface area (Å²) in [6.45, 7) is 9.45. The van der Waals surface area contributed by atoms with E-state index in [4.69, 9.17) is 0 Å². The molecule has 0 bridgehead atoms. The molecule has 1 heterocycles. The molecule has 1 aliphatic heterocycles. The van der Waals surface area contributed by atoms with Gasteiger partial charge in [0.05, 0.1) is 0 Å². The Morgan fingerprint density at radius 1 is 1.19 bits per heavy atom. The van der Waals surface area contributed by atoms with Gasteiger partial charge in [0.1, 0.15) is 11.3 Å². The predicted octanol–water partition coefficient (Wildman–Crippen LogP) is 1.89. The Bertz CT molecular complexity index is 347. The zero-order valence-corrected chi connectivity index (χ0v) is 10.7. The van der Waals surface area contributed by atoms with Crippen LogP contribution in [0.25, 0.3) is 0 Å². The molecule has 1 rings (SSSR count). The number of nitrogens with zero attached hydrogens (tertiary/aromatic N) is 1. The van der Waals surface area contributed by atoms with Crippen molar-refractivity contribution in [2.45, 2.75) is 47.5 Å². The lowest BCUT2D eigenvalue weighted by Crippen LogP contribution is -2.54. The highest BCUT2D eigenvalue weighted by Crippen LogP contribution is 2.32. The highest BCUT2D eigenvalue weighted by molar-refractivity contribution is 6.19. The zero-order chi connectivity index (χ0) is 12.6. The van der Waals surface area contributed by atoms with E-state index in [9.17, 15) is 9.59 Å². The van der Waals surface area contributed by atoms with E-state index >= 15 is 0 Å². The van der Waals surface area contributed by atoms with Crippen molar-refractivity contribution in [1.82, 2.24) is 5.32 Å². The minimum Gasteiger partial charge on any atom is -0.313 e. The molecule has 90 valence electrons. The van der Waals surface area contributed by atoms with Gasteiger partial charge in [-0.1, -0.05) is 34.6 Å². The minimum absolute atomic E-state index is 0.206. The van der Waals surface area contributed by atoms with Crippen molar-refractivity contribution in [3.05, 3.63) is 0 Å². The van der Waals surface area contributed by atoms with Gasteiger partial charge in [-0.3, -0.25) is 9.59 Å². The van der Waals surface area contributed by atoms with Gasteiger partial charge in [0.15, 0.2) is 0 Å². The quantitative estimate of drug-likeness (QED) is 0.728. The monoisotopic (exact) mass is 224 g/mol. The summed E-state index contributed by atoms with van der Waals surface area (Å²) in [5.41, 5.74) is -1.26. The van der Waals surface area contributed by atoms with Crippen LogP contribution in [-0.2, 0) is 9.59 Å². The Morgan fingerprint density at radius 3 is 2.00 bits per heavy atom. The smallest absolute Gasteiger partial charge is 0.263 e. The van der Waals surface area contributed by atoms with Crippen LogP contribution in [0.15, 0.2) is 4.99 Å². The number of aliphatic imine (C=N–C) groups is 1. The molecular formula is C12H20N2O2. The van der Waals surface area contributed by atoms with E-state index in [2.05, 4.69) is 10.3 Å². The summed E-state index contributed by atoms with van der Waals surface area (Å²) in [6.07, 6.45) is 0.990. The van der Waals surface area contributed by atoms with Crippen LogP contribution in [0.1, 0.15) is 47.5 Å². The molecule has 0 spiro atoms. The lowest BCUT2D eigenvalue weighted by atomic mass is 9.78. The van der Waals surface area contributed by atoms with Crippen LogP contribution >= 0.6 is 0 Å². The third-order valence-electron chi connectivity index (χ3n) is 3.21. The molecule has 0 aromatic carbocycles. The van der Waals surface area contributed by atoms with E-state index < -0.39 is 5.41 Å². The van der Waals surface area contributed by atoms with Gasteiger partial charge in [0.2, 0.25) is 5.91 Å². The zero-order valence-electron chi connectivity index (χ0n) is 10.7. The van der Waals surface area contributed by atoms with Crippen LogP contribution in [0.4, 0.5) is 0 Å². The summed E-state index contributed by atoms with van der Waals surface area (Å²) < 4.78 is 0. The van der Waals surface area contributed by atoms with Crippen LogP contribution in [0.5, 0.6) is 0 Å². The summed E-state index contributed by atoms with van der Waals surface area (Å²) in [5.74, 6) is -0.0337. The molecule has 1 aliphatic rings. The number of nitrogens with one attached hydrogen (secondary N) is 1. The number of carbonyl (C=O) groups excluding carboxylic acids is 2. The fourth-order valence-corrected chi connectivity index (χ4v) is 1.79. The van der Waals surface area contributed by atoms with Crippen molar-refractivity contribution in [1.29, 1.82) is 0 Å². The van der Waals surface area contributed by atoms with Crippen molar-refractivity contribution in [3.63, 3.8) is 0 Å². The topological polar surface area (TPSA) is 58.5 Å². The fourth-order valence-electron chi connectivity index (χ4n) is 1.79.